The number of aromatic nitrogens is 2. The maximum atomic E-state index is 12.9. The highest BCUT2D eigenvalue weighted by atomic mass is 19.4. The Balaban J connectivity index is 1.92. The Kier molecular flexibility index (Phi) is 3.83. The fraction of sp³-hybridized carbons (Fsp3) is 0.278. The van der Waals surface area contributed by atoms with Crippen molar-refractivity contribution in [1.82, 2.24) is 9.97 Å². The first-order valence-electron chi connectivity index (χ1n) is 8.29. The number of H-pyrrole nitrogens is 2. The molecule has 0 amide bonds. The average molecular weight is 377 g/mol. The van der Waals surface area contributed by atoms with Gasteiger partial charge in [-0.25, -0.2) is 4.79 Å². The van der Waals surface area contributed by atoms with Gasteiger partial charge >= 0.3 is 11.9 Å². The summed E-state index contributed by atoms with van der Waals surface area (Å²) in [5.41, 5.74) is -1.13. The topological polar surface area (TPSA) is 94.8 Å². The molecule has 6 nitrogen and oxygen atoms in total. The lowest BCUT2D eigenvalue weighted by atomic mass is 9.72. The van der Waals surface area contributed by atoms with E-state index in [1.807, 2.05) is 6.08 Å². The molecule has 140 valence electrons. The Morgan fingerprint density at radius 1 is 0.963 bits per heavy atom. The van der Waals surface area contributed by atoms with Crippen LogP contribution in [0, 0.1) is 5.92 Å². The van der Waals surface area contributed by atoms with Crippen molar-refractivity contribution in [1.29, 1.82) is 0 Å². The lowest BCUT2D eigenvalue weighted by Gasteiger charge is -2.36. The Hall–Kier alpha value is -3.10. The molecule has 2 heterocycles. The molecule has 3 N–H and O–H groups in total. The van der Waals surface area contributed by atoms with Gasteiger partial charge in [0, 0.05) is 18.0 Å². The maximum absolute atomic E-state index is 12.9. The molecule has 9 heteroatoms. The first-order valence-corrected chi connectivity index (χ1v) is 8.29. The molecule has 2 aromatic rings. The third kappa shape index (κ3) is 2.88. The van der Waals surface area contributed by atoms with E-state index in [1.54, 1.807) is 0 Å². The molecule has 27 heavy (non-hydrogen) atoms. The van der Waals surface area contributed by atoms with Gasteiger partial charge in [-0.3, -0.25) is 19.6 Å². The van der Waals surface area contributed by atoms with Gasteiger partial charge in [-0.15, -0.1) is 0 Å². The number of Topliss-reactive ketones (excluding diaryl/α,β-unsaturated/α-hetero) is 1. The first-order chi connectivity index (χ1) is 12.8. The van der Waals surface area contributed by atoms with Gasteiger partial charge in [-0.05, 0) is 24.1 Å². The van der Waals surface area contributed by atoms with Crippen LogP contribution < -0.4 is 16.6 Å². The van der Waals surface area contributed by atoms with Gasteiger partial charge in [0.1, 0.15) is 11.6 Å². The van der Waals surface area contributed by atoms with Crippen LogP contribution in [0.2, 0.25) is 0 Å². The van der Waals surface area contributed by atoms with E-state index in [-0.39, 0.29) is 23.6 Å². The second kappa shape index (κ2) is 5.97. The number of carbonyl (C=O) groups excluding carboxylic acids is 1. The molecule has 2 aliphatic rings. The average Bonchev–Trinajstić information content (AvgIpc) is 2.59. The lowest BCUT2D eigenvalue weighted by molar-refractivity contribution is -0.137. The number of rotatable bonds is 1. The fourth-order valence-corrected chi connectivity index (χ4v) is 3.76. The largest absolute Gasteiger partial charge is 0.416 e. The Bertz CT molecular complexity index is 1060. The van der Waals surface area contributed by atoms with Crippen LogP contribution in [0.3, 0.4) is 0 Å². The van der Waals surface area contributed by atoms with Crippen LogP contribution in [0.15, 0.2) is 45.6 Å². The second-order valence-electron chi connectivity index (χ2n) is 6.56. The molecule has 1 aliphatic heterocycles. The van der Waals surface area contributed by atoms with Crippen LogP contribution in [0.4, 0.5) is 19.0 Å². The van der Waals surface area contributed by atoms with Crippen molar-refractivity contribution in [3.05, 3.63) is 73.6 Å². The smallest absolute Gasteiger partial charge is 0.344 e. The number of ketones is 1. The normalized spacial score (nSPS) is 21.7. The number of aromatic amines is 2. The van der Waals surface area contributed by atoms with Gasteiger partial charge in [-0.2, -0.15) is 13.2 Å². The summed E-state index contributed by atoms with van der Waals surface area (Å²) in [7, 11) is 0. The van der Waals surface area contributed by atoms with Crippen LogP contribution >= 0.6 is 0 Å². The Labute approximate surface area is 150 Å². The van der Waals surface area contributed by atoms with Crippen molar-refractivity contribution >= 4 is 11.6 Å². The Morgan fingerprint density at radius 3 is 2.33 bits per heavy atom. The zero-order valence-electron chi connectivity index (χ0n) is 13.8. The van der Waals surface area contributed by atoms with Gasteiger partial charge in [0.05, 0.1) is 17.0 Å². The monoisotopic (exact) mass is 377 g/mol. The minimum atomic E-state index is -4.49. The van der Waals surface area contributed by atoms with Crippen molar-refractivity contribution in [3.63, 3.8) is 0 Å². The molecule has 1 aromatic carbocycles. The number of anilines is 1. The number of hydrogen-bond acceptors (Lipinski definition) is 4. The highest BCUT2D eigenvalue weighted by Crippen LogP contribution is 2.44. The first kappa shape index (κ1) is 17.3. The molecule has 4 rings (SSSR count). The number of allylic oxidation sites excluding steroid dienone is 2. The lowest BCUT2D eigenvalue weighted by Crippen LogP contribution is -2.40. The van der Waals surface area contributed by atoms with Crippen LogP contribution in [0.25, 0.3) is 0 Å². The zero-order valence-corrected chi connectivity index (χ0v) is 13.8. The summed E-state index contributed by atoms with van der Waals surface area (Å²) in [6.07, 6.45) is -1.88. The summed E-state index contributed by atoms with van der Waals surface area (Å²) in [5.74, 6) is -1.45. The molecule has 2 unspecified atom stereocenters. The highest BCUT2D eigenvalue weighted by Gasteiger charge is 2.42. The summed E-state index contributed by atoms with van der Waals surface area (Å²) in [4.78, 5) is 41.3. The van der Waals surface area contributed by atoms with Gasteiger partial charge in [0.2, 0.25) is 0 Å². The molecule has 0 saturated heterocycles. The third-order valence-electron chi connectivity index (χ3n) is 4.93. The van der Waals surface area contributed by atoms with Gasteiger partial charge in [-0.1, -0.05) is 18.2 Å². The second-order valence-corrected chi connectivity index (χ2v) is 6.56. The minimum absolute atomic E-state index is 0.110. The van der Waals surface area contributed by atoms with E-state index < -0.39 is 34.8 Å². The van der Waals surface area contributed by atoms with Gasteiger partial charge in [0.15, 0.2) is 0 Å². The van der Waals surface area contributed by atoms with Gasteiger partial charge in [0.25, 0.3) is 5.56 Å². The van der Waals surface area contributed by atoms with Crippen LogP contribution in [0.5, 0.6) is 0 Å². The summed E-state index contributed by atoms with van der Waals surface area (Å²) >= 11 is 0. The molecule has 1 aliphatic carbocycles. The molecule has 2 atom stereocenters. The van der Waals surface area contributed by atoms with Crippen molar-refractivity contribution in [2.75, 3.05) is 5.32 Å². The van der Waals surface area contributed by atoms with Crippen LogP contribution in [-0.4, -0.2) is 15.8 Å². The summed E-state index contributed by atoms with van der Waals surface area (Å²) < 4.78 is 38.6. The highest BCUT2D eigenvalue weighted by molar-refractivity contribution is 5.89. The molecule has 0 bridgehead atoms. The standard InChI is InChI=1S/C18H14F3N3O3/c19-18(20,21)9-6-4-8(5-7-9)12-13-10(2-1-3-11(13)25)22-15-14(12)16(26)24-17(27)23-15/h2,4-7,12-13H,1,3H2,(H3,22,23,24,26,27). The number of benzene rings is 1. The van der Waals surface area contributed by atoms with E-state index in [0.717, 1.165) is 12.1 Å². The van der Waals surface area contributed by atoms with E-state index in [1.165, 1.54) is 12.1 Å². The quantitative estimate of drug-likeness (QED) is 0.712. The SMILES string of the molecule is O=C1CCC=C2Nc3[nH]c(=O)[nH]c(=O)c3C(c3ccc(C(F)(F)F)cc3)C12. The number of nitrogens with one attached hydrogen (secondary N) is 3. The maximum Gasteiger partial charge on any atom is 0.416 e. The molecule has 0 saturated carbocycles. The fourth-order valence-electron chi connectivity index (χ4n) is 3.76. The number of fused-ring (bicyclic) bond motifs is 2. The van der Waals surface area contributed by atoms with E-state index in [9.17, 15) is 27.6 Å². The molecular weight excluding hydrogens is 363 g/mol. The molecule has 0 fully saturated rings. The molecular formula is C18H14F3N3O3. The van der Waals surface area contributed by atoms with Crippen molar-refractivity contribution in [3.8, 4) is 0 Å². The molecule has 0 radical (unpaired) electrons. The summed E-state index contributed by atoms with van der Waals surface area (Å²) in [5, 5.41) is 2.93. The van der Waals surface area contributed by atoms with Crippen molar-refractivity contribution in [2.45, 2.75) is 24.9 Å². The summed E-state index contributed by atoms with van der Waals surface area (Å²) in [6.45, 7) is 0. The third-order valence-corrected chi connectivity index (χ3v) is 4.93. The zero-order chi connectivity index (χ0) is 19.3. The molecule has 0 spiro atoms. The Morgan fingerprint density at radius 2 is 1.67 bits per heavy atom. The van der Waals surface area contributed by atoms with Crippen LogP contribution in [-0.2, 0) is 11.0 Å². The number of halogens is 3. The number of alkyl halides is 3. The van der Waals surface area contributed by atoms with Crippen LogP contribution in [0.1, 0.15) is 35.4 Å². The van der Waals surface area contributed by atoms with Crippen molar-refractivity contribution < 1.29 is 18.0 Å². The predicted octanol–water partition coefficient (Wildman–Crippen LogP) is 2.50. The summed E-state index contributed by atoms with van der Waals surface area (Å²) in [6, 6.07) is 4.39. The van der Waals surface area contributed by atoms with E-state index in [4.69, 9.17) is 0 Å². The number of carbonyl (C=O) groups is 1. The van der Waals surface area contributed by atoms with E-state index in [2.05, 4.69) is 15.3 Å². The van der Waals surface area contributed by atoms with Crippen molar-refractivity contribution in [2.24, 2.45) is 5.92 Å². The van der Waals surface area contributed by atoms with E-state index >= 15 is 0 Å². The van der Waals surface area contributed by atoms with Gasteiger partial charge < -0.3 is 5.32 Å². The molecule has 1 aromatic heterocycles. The predicted molar refractivity (Wildman–Crippen MR) is 90.4 cm³/mol. The number of hydrogen-bond donors (Lipinski definition) is 3. The van der Waals surface area contributed by atoms with E-state index in [0.29, 0.717) is 17.7 Å². The minimum Gasteiger partial charge on any atom is -0.344 e.